The Kier molecular flexibility index (Phi) is 6.21. The topological polar surface area (TPSA) is 79.0 Å². The summed E-state index contributed by atoms with van der Waals surface area (Å²) in [6.07, 6.45) is 8.63. The Labute approximate surface area is 184 Å². The smallest absolute Gasteiger partial charge is 0.271 e. The van der Waals surface area contributed by atoms with E-state index < -0.39 is 5.60 Å². The molecule has 4 rings (SSSR count). The number of carbonyl (C=O) groups excluding carboxylic acids is 3. The molecule has 2 heterocycles. The molecule has 1 saturated carbocycles. The molecule has 0 radical (unpaired) electrons. The average molecular weight is 428 g/mol. The first-order valence-electron chi connectivity index (χ1n) is 11.6. The normalized spacial score (nSPS) is 21.3. The molecule has 0 atom stereocenters. The second-order valence-electron chi connectivity index (χ2n) is 9.44. The maximum Gasteiger partial charge on any atom is 0.271 e. The van der Waals surface area contributed by atoms with Crippen molar-refractivity contribution in [2.75, 3.05) is 24.5 Å². The van der Waals surface area contributed by atoms with Crippen LogP contribution in [0.4, 0.5) is 5.69 Å². The van der Waals surface area contributed by atoms with Crippen molar-refractivity contribution in [1.82, 2.24) is 10.2 Å². The highest BCUT2D eigenvalue weighted by Gasteiger charge is 2.42. The predicted octanol–water partition coefficient (Wildman–Crippen LogP) is 3.27. The molecular formula is C24H33N3O4. The van der Waals surface area contributed by atoms with Gasteiger partial charge in [0, 0.05) is 24.7 Å². The molecule has 2 aliphatic heterocycles. The highest BCUT2D eigenvalue weighted by Crippen LogP contribution is 2.38. The van der Waals surface area contributed by atoms with Crippen LogP contribution in [-0.4, -0.2) is 53.9 Å². The summed E-state index contributed by atoms with van der Waals surface area (Å²) in [4.78, 5) is 42.3. The summed E-state index contributed by atoms with van der Waals surface area (Å²) in [7, 11) is 0. The van der Waals surface area contributed by atoms with Crippen molar-refractivity contribution in [1.29, 1.82) is 0 Å². The van der Waals surface area contributed by atoms with Gasteiger partial charge < -0.3 is 15.0 Å². The van der Waals surface area contributed by atoms with Gasteiger partial charge in [-0.05, 0) is 64.2 Å². The Morgan fingerprint density at radius 3 is 2.45 bits per heavy atom. The molecule has 1 N–H and O–H groups in total. The molecule has 1 aliphatic carbocycles. The Morgan fingerprint density at radius 2 is 1.74 bits per heavy atom. The summed E-state index contributed by atoms with van der Waals surface area (Å²) in [6, 6.07) is 5.35. The Hall–Kier alpha value is -2.57. The summed E-state index contributed by atoms with van der Waals surface area (Å²) in [5.41, 5.74) is -0.0945. The van der Waals surface area contributed by atoms with E-state index in [-0.39, 0.29) is 30.3 Å². The largest absolute Gasteiger partial charge is 0.476 e. The number of piperidine rings is 1. The molecule has 0 bridgehead atoms. The fourth-order valence-electron chi connectivity index (χ4n) is 4.76. The number of amides is 3. The first-order valence-corrected chi connectivity index (χ1v) is 11.6. The molecule has 168 valence electrons. The molecule has 0 spiro atoms. The third-order valence-electron chi connectivity index (χ3n) is 6.58. The molecular weight excluding hydrogens is 394 g/mol. The number of likely N-dealkylation sites (tertiary alicyclic amines) is 1. The minimum atomic E-state index is -1.07. The number of carbonyl (C=O) groups is 3. The zero-order chi connectivity index (χ0) is 22.0. The van der Waals surface area contributed by atoms with Crippen LogP contribution in [0.25, 0.3) is 0 Å². The van der Waals surface area contributed by atoms with Crippen molar-refractivity contribution in [2.45, 2.75) is 76.9 Å². The summed E-state index contributed by atoms with van der Waals surface area (Å²) >= 11 is 0. The number of anilines is 1. The van der Waals surface area contributed by atoms with Crippen LogP contribution in [-0.2, 0) is 9.59 Å². The van der Waals surface area contributed by atoms with E-state index in [4.69, 9.17) is 4.74 Å². The second-order valence-corrected chi connectivity index (χ2v) is 9.44. The summed E-state index contributed by atoms with van der Waals surface area (Å²) in [5, 5.41) is 3.12. The molecule has 1 saturated heterocycles. The zero-order valence-corrected chi connectivity index (χ0v) is 18.6. The average Bonchev–Trinajstić information content (AvgIpc) is 2.77. The molecule has 1 aromatic carbocycles. The molecule has 0 aromatic heterocycles. The number of rotatable bonds is 4. The van der Waals surface area contributed by atoms with Gasteiger partial charge in [-0.25, -0.2) is 0 Å². The molecule has 7 heteroatoms. The number of hydrogen-bond donors (Lipinski definition) is 1. The third-order valence-corrected chi connectivity index (χ3v) is 6.58. The number of hydrogen-bond acceptors (Lipinski definition) is 4. The van der Waals surface area contributed by atoms with E-state index in [1.807, 2.05) is 4.90 Å². The lowest BCUT2D eigenvalue weighted by Crippen LogP contribution is -2.55. The lowest BCUT2D eigenvalue weighted by Gasteiger charge is -2.39. The van der Waals surface area contributed by atoms with Gasteiger partial charge in [0.15, 0.2) is 5.60 Å². The fourth-order valence-corrected chi connectivity index (χ4v) is 4.76. The van der Waals surface area contributed by atoms with Crippen molar-refractivity contribution in [3.05, 3.63) is 23.8 Å². The van der Waals surface area contributed by atoms with Crippen LogP contribution in [0.3, 0.4) is 0 Å². The van der Waals surface area contributed by atoms with Crippen LogP contribution in [0, 0.1) is 0 Å². The maximum atomic E-state index is 13.2. The Balaban J connectivity index is 1.57. The Bertz CT molecular complexity index is 854. The molecule has 7 nitrogen and oxygen atoms in total. The molecule has 3 aliphatic rings. The van der Waals surface area contributed by atoms with Crippen LogP contribution in [0.2, 0.25) is 0 Å². The monoisotopic (exact) mass is 427 g/mol. The zero-order valence-electron chi connectivity index (χ0n) is 18.6. The molecule has 1 aromatic rings. The van der Waals surface area contributed by atoms with Crippen LogP contribution < -0.4 is 15.0 Å². The lowest BCUT2D eigenvalue weighted by atomic mass is 9.95. The highest BCUT2D eigenvalue weighted by molar-refractivity contribution is 6.07. The summed E-state index contributed by atoms with van der Waals surface area (Å²) in [6.45, 7) is 4.85. The Morgan fingerprint density at radius 1 is 1.06 bits per heavy atom. The van der Waals surface area contributed by atoms with E-state index >= 15 is 0 Å². The minimum Gasteiger partial charge on any atom is -0.476 e. The van der Waals surface area contributed by atoms with Crippen LogP contribution in [0.15, 0.2) is 18.2 Å². The standard InChI is InChI=1S/C24H33N3O4/c1-24(2)23(30)27(16-21(28)26-13-7-4-8-14-26)19-15-17(11-12-20(19)31-24)22(29)25-18-9-5-3-6-10-18/h11-12,15,18H,3-10,13-14,16H2,1-2H3,(H,25,29). The van der Waals surface area contributed by atoms with Crippen molar-refractivity contribution in [3.8, 4) is 5.75 Å². The van der Waals surface area contributed by atoms with Gasteiger partial charge >= 0.3 is 0 Å². The first kappa shape index (κ1) is 21.7. The second kappa shape index (κ2) is 8.89. The van der Waals surface area contributed by atoms with Crippen molar-refractivity contribution < 1.29 is 19.1 Å². The molecule has 3 amide bonds. The van der Waals surface area contributed by atoms with Gasteiger partial charge in [-0.2, -0.15) is 0 Å². The number of nitrogens with one attached hydrogen (secondary N) is 1. The number of nitrogens with zero attached hydrogens (tertiary/aromatic N) is 2. The van der Waals surface area contributed by atoms with E-state index in [9.17, 15) is 14.4 Å². The van der Waals surface area contributed by atoms with Crippen LogP contribution in [0.5, 0.6) is 5.75 Å². The van der Waals surface area contributed by atoms with E-state index in [0.717, 1.165) is 58.0 Å². The minimum absolute atomic E-state index is 0.0354. The third kappa shape index (κ3) is 4.70. The van der Waals surface area contributed by atoms with Gasteiger partial charge in [0.05, 0.1) is 5.69 Å². The number of ether oxygens (including phenoxy) is 1. The van der Waals surface area contributed by atoms with Gasteiger partial charge in [0.1, 0.15) is 12.3 Å². The predicted molar refractivity (Wildman–Crippen MR) is 118 cm³/mol. The van der Waals surface area contributed by atoms with Gasteiger partial charge in [-0.15, -0.1) is 0 Å². The van der Waals surface area contributed by atoms with Crippen LogP contribution >= 0.6 is 0 Å². The maximum absolute atomic E-state index is 13.2. The van der Waals surface area contributed by atoms with E-state index in [0.29, 0.717) is 17.0 Å². The molecule has 0 unspecified atom stereocenters. The summed E-state index contributed by atoms with van der Waals surface area (Å²) in [5.74, 6) is 0.0449. The van der Waals surface area contributed by atoms with Gasteiger partial charge in [0.2, 0.25) is 5.91 Å². The molecule has 31 heavy (non-hydrogen) atoms. The lowest BCUT2D eigenvalue weighted by molar-refractivity contribution is -0.137. The van der Waals surface area contributed by atoms with Gasteiger partial charge in [-0.1, -0.05) is 19.3 Å². The van der Waals surface area contributed by atoms with E-state index in [1.165, 1.54) is 11.3 Å². The van der Waals surface area contributed by atoms with Crippen molar-refractivity contribution in [3.63, 3.8) is 0 Å². The molecule has 2 fully saturated rings. The number of fused-ring (bicyclic) bond motifs is 1. The van der Waals surface area contributed by atoms with Crippen LogP contribution in [0.1, 0.15) is 75.6 Å². The SMILES string of the molecule is CC1(C)Oc2ccc(C(=O)NC3CCCCC3)cc2N(CC(=O)N2CCCCC2)C1=O. The van der Waals surface area contributed by atoms with Crippen molar-refractivity contribution in [2.24, 2.45) is 0 Å². The van der Waals surface area contributed by atoms with E-state index in [2.05, 4.69) is 5.32 Å². The van der Waals surface area contributed by atoms with E-state index in [1.54, 1.807) is 32.0 Å². The van der Waals surface area contributed by atoms with Gasteiger partial charge in [0.25, 0.3) is 11.8 Å². The fraction of sp³-hybridized carbons (Fsp3) is 0.625. The highest BCUT2D eigenvalue weighted by atomic mass is 16.5. The summed E-state index contributed by atoms with van der Waals surface area (Å²) < 4.78 is 5.93. The first-order chi connectivity index (χ1) is 14.8. The van der Waals surface area contributed by atoms with Gasteiger partial charge in [-0.3, -0.25) is 19.3 Å². The quantitative estimate of drug-likeness (QED) is 0.800. The number of benzene rings is 1. The van der Waals surface area contributed by atoms with Crippen molar-refractivity contribution >= 4 is 23.4 Å².